The van der Waals surface area contributed by atoms with Crippen LogP contribution in [-0.4, -0.2) is 29.5 Å². The van der Waals surface area contributed by atoms with Crippen molar-refractivity contribution in [3.8, 4) is 0 Å². The molecule has 0 saturated carbocycles. The largest absolute Gasteiger partial charge is 0.465 e. The summed E-state index contributed by atoms with van der Waals surface area (Å²) in [6, 6.07) is 1.50. The number of carbonyl (C=O) groups excluding carboxylic acids is 1. The molecule has 0 atom stereocenters. The van der Waals surface area contributed by atoms with Crippen LogP contribution in [0.25, 0.3) is 0 Å². The first-order valence-corrected chi connectivity index (χ1v) is 9.63. The summed E-state index contributed by atoms with van der Waals surface area (Å²) in [6.07, 6.45) is -20.9. The van der Waals surface area contributed by atoms with Crippen LogP contribution in [0.4, 0.5) is 64.5 Å². The fourth-order valence-corrected chi connectivity index (χ4v) is 3.51. The van der Waals surface area contributed by atoms with E-state index in [-0.39, 0.29) is 6.07 Å². The molecule has 0 aliphatic rings. The normalized spacial score (nSPS) is 12.9. The summed E-state index contributed by atoms with van der Waals surface area (Å²) in [6.45, 7) is 0. The lowest BCUT2D eigenvalue weighted by molar-refractivity contribution is -0.348. The van der Waals surface area contributed by atoms with Crippen molar-refractivity contribution in [3.63, 3.8) is 0 Å². The summed E-state index contributed by atoms with van der Waals surface area (Å²) in [5.41, 5.74) is -14.1. The number of hydrogen-bond donors (Lipinski definition) is 3. The third-order valence-electron chi connectivity index (χ3n) is 4.30. The minimum Gasteiger partial charge on any atom is -0.465 e. The van der Waals surface area contributed by atoms with Crippen LogP contribution in [-0.2, 0) is 11.8 Å². The van der Waals surface area contributed by atoms with Crippen LogP contribution in [0, 0.1) is 9.39 Å². The molecule has 192 valence electrons. The topological polar surface area (TPSA) is 78.4 Å². The molecule has 2 aromatic rings. The van der Waals surface area contributed by atoms with Gasteiger partial charge in [-0.05, 0) is 46.9 Å². The fourth-order valence-electron chi connectivity index (χ4n) is 2.74. The predicted octanol–water partition coefficient (Wildman–Crippen LogP) is 7.08. The van der Waals surface area contributed by atoms with Gasteiger partial charge in [0.1, 0.15) is 0 Å². The highest BCUT2D eigenvalue weighted by Gasteiger charge is 2.73. The molecule has 0 saturated heterocycles. The molecule has 2 aromatic carbocycles. The molecule has 2 amide bonds. The van der Waals surface area contributed by atoms with Crippen molar-refractivity contribution in [1.29, 1.82) is 0 Å². The first kappa shape index (κ1) is 28.4. The SMILES string of the molecule is O=C(O)Nc1cccc(C(=O)Nc2c(I)cc(C(F)(C(F)(F)F)C(F)(F)F)cc2C(F)(F)F)c1F. The number of benzene rings is 2. The third kappa shape index (κ3) is 5.53. The highest BCUT2D eigenvalue weighted by molar-refractivity contribution is 14.1. The summed E-state index contributed by atoms with van der Waals surface area (Å²) in [4.78, 5) is 23.0. The van der Waals surface area contributed by atoms with E-state index in [0.29, 0.717) is 6.07 Å². The van der Waals surface area contributed by atoms with E-state index in [1.165, 1.54) is 5.32 Å². The number of rotatable bonds is 4. The monoisotopic (exact) mass is 636 g/mol. The van der Waals surface area contributed by atoms with Gasteiger partial charge in [0.25, 0.3) is 5.91 Å². The Hall–Kier alpha value is -2.86. The Bertz CT molecular complexity index is 1150. The van der Waals surface area contributed by atoms with Gasteiger partial charge in [0.2, 0.25) is 0 Å². The standard InChI is InChI=1S/C18H8F11IN2O3/c19-11-7(2-1-3-10(11)31-14(34)35)13(33)32-12-8(16(21,22)23)4-6(5-9(12)30)15(20,17(24,25)26)18(27,28)29/h1-5,31H,(H,32,33)(H,34,35). The van der Waals surface area contributed by atoms with Crippen LogP contribution in [0.5, 0.6) is 0 Å². The van der Waals surface area contributed by atoms with Crippen LogP contribution >= 0.6 is 22.6 Å². The van der Waals surface area contributed by atoms with Gasteiger partial charge in [-0.25, -0.2) is 13.6 Å². The summed E-state index contributed by atoms with van der Waals surface area (Å²) in [5, 5.41) is 11.7. The molecule has 0 unspecified atom stereocenters. The molecule has 35 heavy (non-hydrogen) atoms. The summed E-state index contributed by atoms with van der Waals surface area (Å²) in [7, 11) is 0. The summed E-state index contributed by atoms with van der Waals surface area (Å²) >= 11 is 0.832. The molecule has 5 nitrogen and oxygen atoms in total. The number of carboxylic acid groups (broad SMARTS) is 1. The van der Waals surface area contributed by atoms with Crippen molar-refractivity contribution in [3.05, 3.63) is 56.4 Å². The third-order valence-corrected chi connectivity index (χ3v) is 5.15. The Balaban J connectivity index is 2.68. The van der Waals surface area contributed by atoms with E-state index >= 15 is 0 Å². The first-order valence-electron chi connectivity index (χ1n) is 8.55. The van der Waals surface area contributed by atoms with Crippen LogP contribution in [0.15, 0.2) is 30.3 Å². The van der Waals surface area contributed by atoms with Crippen molar-refractivity contribution >= 4 is 46.0 Å². The number of alkyl halides is 10. The maximum absolute atomic E-state index is 14.4. The lowest BCUT2D eigenvalue weighted by Gasteiger charge is -2.31. The van der Waals surface area contributed by atoms with E-state index in [1.807, 2.05) is 0 Å². The molecular formula is C18H8F11IN2O3. The predicted molar refractivity (Wildman–Crippen MR) is 105 cm³/mol. The van der Waals surface area contributed by atoms with E-state index < -0.39 is 79.7 Å². The average Bonchev–Trinajstić information content (AvgIpc) is 2.67. The molecule has 0 radical (unpaired) electrons. The number of nitrogens with one attached hydrogen (secondary N) is 2. The smallest absolute Gasteiger partial charge is 0.435 e. The molecule has 0 heterocycles. The molecule has 0 bridgehead atoms. The Kier molecular flexibility index (Phi) is 7.54. The van der Waals surface area contributed by atoms with E-state index in [9.17, 15) is 57.9 Å². The molecular weight excluding hydrogens is 628 g/mol. The second-order valence-corrected chi connectivity index (χ2v) is 7.75. The van der Waals surface area contributed by atoms with Crippen LogP contribution < -0.4 is 10.6 Å². The number of amides is 2. The second kappa shape index (κ2) is 9.30. The molecule has 0 fully saturated rings. The van der Waals surface area contributed by atoms with Crippen molar-refractivity contribution in [1.82, 2.24) is 0 Å². The van der Waals surface area contributed by atoms with Gasteiger partial charge in [0, 0.05) is 9.13 Å². The summed E-state index contributed by atoms with van der Waals surface area (Å²) in [5.74, 6) is -3.23. The maximum Gasteiger partial charge on any atom is 0.435 e. The van der Waals surface area contributed by atoms with Gasteiger partial charge in [-0.3, -0.25) is 10.1 Å². The average molecular weight is 636 g/mol. The zero-order chi connectivity index (χ0) is 27.1. The lowest BCUT2D eigenvalue weighted by atomic mass is 9.92. The molecule has 0 aliphatic heterocycles. The Morgan fingerprint density at radius 3 is 1.86 bits per heavy atom. The number of hydrogen-bond acceptors (Lipinski definition) is 2. The van der Waals surface area contributed by atoms with Gasteiger partial charge >= 0.3 is 30.3 Å². The molecule has 0 aliphatic carbocycles. The van der Waals surface area contributed by atoms with Gasteiger partial charge < -0.3 is 10.4 Å². The van der Waals surface area contributed by atoms with Crippen molar-refractivity contribution in [2.24, 2.45) is 0 Å². The van der Waals surface area contributed by atoms with Crippen molar-refractivity contribution in [2.75, 3.05) is 10.6 Å². The van der Waals surface area contributed by atoms with Crippen molar-refractivity contribution in [2.45, 2.75) is 24.2 Å². The van der Waals surface area contributed by atoms with Crippen LogP contribution in [0.3, 0.4) is 0 Å². The van der Waals surface area contributed by atoms with Gasteiger partial charge in [-0.15, -0.1) is 0 Å². The van der Waals surface area contributed by atoms with Crippen LogP contribution in [0.1, 0.15) is 21.5 Å². The molecule has 0 spiro atoms. The zero-order valence-electron chi connectivity index (χ0n) is 16.2. The lowest BCUT2D eigenvalue weighted by Crippen LogP contribution is -2.50. The minimum absolute atomic E-state index is 0.203. The number of halogens is 12. The van der Waals surface area contributed by atoms with Gasteiger partial charge in [0.15, 0.2) is 5.82 Å². The van der Waals surface area contributed by atoms with E-state index in [2.05, 4.69) is 0 Å². The Morgan fingerprint density at radius 1 is 0.857 bits per heavy atom. The van der Waals surface area contributed by atoms with Gasteiger partial charge in [-0.2, -0.15) is 39.5 Å². The number of carbonyl (C=O) groups is 2. The molecule has 0 aromatic heterocycles. The van der Waals surface area contributed by atoms with E-state index in [4.69, 9.17) is 5.11 Å². The molecule has 2 rings (SSSR count). The Labute approximate surface area is 200 Å². The minimum atomic E-state index is -6.71. The molecule has 17 heteroatoms. The van der Waals surface area contributed by atoms with E-state index in [0.717, 1.165) is 34.7 Å². The number of anilines is 2. The van der Waals surface area contributed by atoms with Crippen LogP contribution in [0.2, 0.25) is 0 Å². The zero-order valence-corrected chi connectivity index (χ0v) is 18.3. The highest BCUT2D eigenvalue weighted by atomic mass is 127. The second-order valence-electron chi connectivity index (χ2n) is 6.58. The quantitative estimate of drug-likeness (QED) is 0.248. The fraction of sp³-hybridized carbons (Fsp3) is 0.222. The van der Waals surface area contributed by atoms with Crippen molar-refractivity contribution < 1.29 is 63.0 Å². The highest BCUT2D eigenvalue weighted by Crippen LogP contribution is 2.54. The van der Waals surface area contributed by atoms with E-state index in [1.54, 1.807) is 5.32 Å². The van der Waals surface area contributed by atoms with Gasteiger partial charge in [0.05, 0.1) is 22.5 Å². The van der Waals surface area contributed by atoms with Gasteiger partial charge in [-0.1, -0.05) is 6.07 Å². The summed E-state index contributed by atoms with van der Waals surface area (Å²) < 4.78 is 146. The Morgan fingerprint density at radius 2 is 1.40 bits per heavy atom. The first-order chi connectivity index (χ1) is 15.7. The maximum atomic E-state index is 14.4. The molecule has 3 N–H and O–H groups in total.